The molecule has 1 aliphatic heterocycles. The summed E-state index contributed by atoms with van der Waals surface area (Å²) in [6.45, 7) is 7.58. The second-order valence-corrected chi connectivity index (χ2v) is 9.80. The number of likely N-dealkylation sites (N-methyl/N-ethyl adjacent to an activating group) is 1. The van der Waals surface area contributed by atoms with E-state index in [9.17, 15) is 18.0 Å². The number of hydrogen-bond acceptors (Lipinski definition) is 7. The van der Waals surface area contributed by atoms with Gasteiger partial charge in [0.05, 0.1) is 11.3 Å². The zero-order chi connectivity index (χ0) is 29.0. The second kappa shape index (κ2) is 11.9. The lowest BCUT2D eigenvalue weighted by Gasteiger charge is -2.36. The monoisotopic (exact) mass is 561 g/mol. The highest BCUT2D eigenvalue weighted by molar-refractivity contribution is 6.05. The summed E-state index contributed by atoms with van der Waals surface area (Å²) < 4.78 is 41.3. The van der Waals surface area contributed by atoms with Gasteiger partial charge in [-0.3, -0.25) is 9.78 Å². The number of piperazine rings is 1. The number of benzene rings is 2. The van der Waals surface area contributed by atoms with Crippen LogP contribution in [-0.2, 0) is 6.18 Å². The lowest BCUT2D eigenvalue weighted by molar-refractivity contribution is -0.137. The number of anilines is 4. The number of nitrogens with zero attached hydrogens (tertiary/aromatic N) is 5. The summed E-state index contributed by atoms with van der Waals surface area (Å²) in [5.74, 6) is -0.197. The minimum Gasteiger partial charge on any atom is -0.369 e. The molecule has 4 aromatic rings. The summed E-state index contributed by atoms with van der Waals surface area (Å²) >= 11 is 0. The first-order valence-electron chi connectivity index (χ1n) is 13.3. The Morgan fingerprint density at radius 3 is 2.51 bits per heavy atom. The van der Waals surface area contributed by atoms with E-state index in [0.717, 1.165) is 42.9 Å². The maximum atomic E-state index is 13.8. The van der Waals surface area contributed by atoms with Crippen LogP contribution in [0.2, 0.25) is 0 Å². The number of amides is 1. The largest absolute Gasteiger partial charge is 0.416 e. The van der Waals surface area contributed by atoms with Crippen molar-refractivity contribution < 1.29 is 18.0 Å². The molecule has 11 heteroatoms. The van der Waals surface area contributed by atoms with Gasteiger partial charge in [-0.05, 0) is 67.6 Å². The minimum absolute atomic E-state index is 0.0836. The Labute approximate surface area is 236 Å². The van der Waals surface area contributed by atoms with Crippen molar-refractivity contribution in [2.24, 2.45) is 0 Å². The van der Waals surface area contributed by atoms with Crippen molar-refractivity contribution in [3.05, 3.63) is 89.9 Å². The maximum absolute atomic E-state index is 13.8. The summed E-state index contributed by atoms with van der Waals surface area (Å²) in [5, 5.41) is 5.82. The first-order chi connectivity index (χ1) is 19.7. The van der Waals surface area contributed by atoms with Crippen molar-refractivity contribution in [1.82, 2.24) is 19.9 Å². The lowest BCUT2D eigenvalue weighted by Crippen LogP contribution is -2.46. The third-order valence-electron chi connectivity index (χ3n) is 7.05. The van der Waals surface area contributed by atoms with E-state index in [2.05, 4.69) is 37.4 Å². The summed E-state index contributed by atoms with van der Waals surface area (Å²) in [4.78, 5) is 30.3. The van der Waals surface area contributed by atoms with Gasteiger partial charge in [0.1, 0.15) is 0 Å². The van der Waals surface area contributed by atoms with Gasteiger partial charge in [0, 0.05) is 73.0 Å². The number of pyridine rings is 1. The Bertz CT molecular complexity index is 1520. The Morgan fingerprint density at radius 2 is 1.80 bits per heavy atom. The topological polar surface area (TPSA) is 86.3 Å². The fraction of sp³-hybridized carbons (Fsp3) is 0.267. The molecule has 0 radical (unpaired) electrons. The van der Waals surface area contributed by atoms with Crippen LogP contribution in [0.15, 0.2) is 73.2 Å². The molecule has 1 aliphatic rings. The van der Waals surface area contributed by atoms with Gasteiger partial charge in [0.25, 0.3) is 5.91 Å². The SMILES string of the molecule is CCN1CCN(c2cc(NC(=O)c3ccc(C)c(Nc4nccc(-c5cccnc5)n4)c3)cc(C(F)(F)F)c2)CC1. The van der Waals surface area contributed by atoms with E-state index in [4.69, 9.17) is 0 Å². The Morgan fingerprint density at radius 1 is 1.00 bits per heavy atom. The molecule has 0 aliphatic carbocycles. The number of alkyl halides is 3. The first-order valence-corrected chi connectivity index (χ1v) is 13.3. The lowest BCUT2D eigenvalue weighted by atomic mass is 10.1. The third-order valence-corrected chi connectivity index (χ3v) is 7.05. The van der Waals surface area contributed by atoms with Crippen molar-refractivity contribution in [3.8, 4) is 11.3 Å². The van der Waals surface area contributed by atoms with E-state index in [-0.39, 0.29) is 11.3 Å². The van der Waals surface area contributed by atoms with Gasteiger partial charge in [0.15, 0.2) is 0 Å². The zero-order valence-electron chi connectivity index (χ0n) is 22.7. The minimum atomic E-state index is -4.55. The fourth-order valence-electron chi connectivity index (χ4n) is 4.67. The van der Waals surface area contributed by atoms with E-state index in [0.29, 0.717) is 36.1 Å². The second-order valence-electron chi connectivity index (χ2n) is 9.80. The number of aromatic nitrogens is 3. The van der Waals surface area contributed by atoms with E-state index in [1.165, 1.54) is 0 Å². The van der Waals surface area contributed by atoms with Gasteiger partial charge in [-0.1, -0.05) is 13.0 Å². The van der Waals surface area contributed by atoms with Crippen LogP contribution in [0.25, 0.3) is 11.3 Å². The molecule has 212 valence electrons. The molecular formula is C30H30F3N7O. The van der Waals surface area contributed by atoms with Crippen LogP contribution in [0, 0.1) is 6.92 Å². The summed E-state index contributed by atoms with van der Waals surface area (Å²) in [5.41, 5.74) is 2.93. The molecule has 2 aromatic carbocycles. The van der Waals surface area contributed by atoms with Crippen molar-refractivity contribution in [1.29, 1.82) is 0 Å². The molecule has 0 bridgehead atoms. The number of carbonyl (C=O) groups is 1. The summed E-state index contributed by atoms with van der Waals surface area (Å²) in [6.07, 6.45) is 0.451. The van der Waals surface area contributed by atoms with Crippen LogP contribution < -0.4 is 15.5 Å². The standard InChI is InChI=1S/C30H30F3N7O/c1-3-39-11-13-40(14-12-39)25-17-23(30(31,32)33)16-24(18-25)36-28(41)21-7-6-20(2)27(15-21)38-29-35-10-8-26(37-29)22-5-4-9-34-19-22/h4-10,15-19H,3,11-14H2,1-2H3,(H,36,41)(H,35,37,38). The number of nitrogens with one attached hydrogen (secondary N) is 2. The van der Waals surface area contributed by atoms with E-state index in [1.807, 2.05) is 24.0 Å². The summed E-state index contributed by atoms with van der Waals surface area (Å²) in [7, 11) is 0. The molecule has 0 unspecified atom stereocenters. The summed E-state index contributed by atoms with van der Waals surface area (Å²) in [6, 6.07) is 14.2. The van der Waals surface area contributed by atoms with Crippen LogP contribution in [0.3, 0.4) is 0 Å². The zero-order valence-corrected chi connectivity index (χ0v) is 22.7. The normalized spacial score (nSPS) is 14.1. The van der Waals surface area contributed by atoms with E-state index in [1.54, 1.807) is 48.9 Å². The molecular weight excluding hydrogens is 531 g/mol. The smallest absolute Gasteiger partial charge is 0.369 e. The highest BCUT2D eigenvalue weighted by Gasteiger charge is 2.32. The van der Waals surface area contributed by atoms with Crippen LogP contribution in [0.1, 0.15) is 28.4 Å². The molecule has 0 atom stereocenters. The van der Waals surface area contributed by atoms with Crippen molar-refractivity contribution in [3.63, 3.8) is 0 Å². The number of rotatable bonds is 7. The van der Waals surface area contributed by atoms with Crippen LogP contribution in [0.5, 0.6) is 0 Å². The Kier molecular flexibility index (Phi) is 8.16. The molecule has 1 saturated heterocycles. The highest BCUT2D eigenvalue weighted by atomic mass is 19.4. The Balaban J connectivity index is 1.36. The average Bonchev–Trinajstić information content (AvgIpc) is 2.98. The number of halogens is 3. The number of hydrogen-bond donors (Lipinski definition) is 2. The van der Waals surface area contributed by atoms with Gasteiger partial charge in [0.2, 0.25) is 5.95 Å². The molecule has 5 rings (SSSR count). The van der Waals surface area contributed by atoms with Gasteiger partial charge in [-0.25, -0.2) is 9.97 Å². The van der Waals surface area contributed by atoms with Crippen LogP contribution >= 0.6 is 0 Å². The molecule has 0 saturated carbocycles. The maximum Gasteiger partial charge on any atom is 0.416 e. The Hall–Kier alpha value is -4.51. The van der Waals surface area contributed by atoms with Gasteiger partial charge in [-0.2, -0.15) is 13.2 Å². The molecule has 2 N–H and O–H groups in total. The number of aryl methyl sites for hydroxylation is 1. The molecule has 1 amide bonds. The first kappa shape index (κ1) is 28.0. The van der Waals surface area contributed by atoms with Crippen molar-refractivity contribution >= 4 is 28.9 Å². The van der Waals surface area contributed by atoms with Gasteiger partial charge < -0.3 is 20.4 Å². The van der Waals surface area contributed by atoms with Gasteiger partial charge in [-0.15, -0.1) is 0 Å². The molecule has 3 heterocycles. The molecule has 2 aromatic heterocycles. The van der Waals surface area contributed by atoms with Crippen molar-refractivity contribution in [2.45, 2.75) is 20.0 Å². The molecule has 1 fully saturated rings. The van der Waals surface area contributed by atoms with E-state index < -0.39 is 17.6 Å². The van der Waals surface area contributed by atoms with E-state index >= 15 is 0 Å². The van der Waals surface area contributed by atoms with Crippen LogP contribution in [0.4, 0.5) is 36.2 Å². The van der Waals surface area contributed by atoms with Gasteiger partial charge >= 0.3 is 6.18 Å². The number of carbonyl (C=O) groups excluding carboxylic acids is 1. The molecule has 0 spiro atoms. The van der Waals surface area contributed by atoms with Crippen LogP contribution in [-0.4, -0.2) is 58.5 Å². The average molecular weight is 562 g/mol. The predicted octanol–water partition coefficient (Wildman–Crippen LogP) is 6.00. The quantitative estimate of drug-likeness (QED) is 0.286. The highest BCUT2D eigenvalue weighted by Crippen LogP contribution is 2.35. The third kappa shape index (κ3) is 6.80. The fourth-order valence-corrected chi connectivity index (χ4v) is 4.67. The predicted molar refractivity (Wildman–Crippen MR) is 153 cm³/mol. The van der Waals surface area contributed by atoms with Crippen molar-refractivity contribution in [2.75, 3.05) is 48.3 Å². The molecule has 41 heavy (non-hydrogen) atoms. The molecule has 8 nitrogen and oxygen atoms in total.